The van der Waals surface area contributed by atoms with Gasteiger partial charge in [0.25, 0.3) is 0 Å². The highest BCUT2D eigenvalue weighted by molar-refractivity contribution is 9.10. The van der Waals surface area contributed by atoms with Crippen LogP contribution in [0.1, 0.15) is 17.2 Å². The molecule has 0 aliphatic carbocycles. The molecule has 19 heavy (non-hydrogen) atoms. The van der Waals surface area contributed by atoms with Crippen molar-refractivity contribution in [3.63, 3.8) is 0 Å². The Labute approximate surface area is 119 Å². The Hall–Kier alpha value is -1.26. The molecule has 0 heterocycles. The minimum absolute atomic E-state index is 0.0613. The predicted octanol–water partition coefficient (Wildman–Crippen LogP) is 4.23. The number of hydrogen-bond donors (Lipinski definition) is 1. The lowest BCUT2D eigenvalue weighted by atomic mass is 9.99. The summed E-state index contributed by atoms with van der Waals surface area (Å²) in [6, 6.07) is 11.2. The summed E-state index contributed by atoms with van der Waals surface area (Å²) in [6.45, 7) is 0. The van der Waals surface area contributed by atoms with Crippen LogP contribution in [-0.2, 0) is 6.42 Å². The maximum absolute atomic E-state index is 13.4. The summed E-state index contributed by atoms with van der Waals surface area (Å²) in [5, 5.41) is 3.13. The van der Waals surface area contributed by atoms with Gasteiger partial charge in [-0.3, -0.25) is 0 Å². The number of benzene rings is 2. The fourth-order valence-electron chi connectivity index (χ4n) is 2.06. The Morgan fingerprint density at radius 2 is 1.89 bits per heavy atom. The maximum atomic E-state index is 13.4. The van der Waals surface area contributed by atoms with Gasteiger partial charge in [0.2, 0.25) is 0 Å². The number of hydrogen-bond acceptors (Lipinski definition) is 1. The summed E-state index contributed by atoms with van der Waals surface area (Å²) < 4.78 is 27.3. The molecule has 0 aliphatic heterocycles. The molecule has 0 saturated heterocycles. The van der Waals surface area contributed by atoms with Gasteiger partial charge in [-0.05, 0) is 54.9 Å². The highest BCUT2D eigenvalue weighted by Gasteiger charge is 2.12. The van der Waals surface area contributed by atoms with Crippen LogP contribution in [0.3, 0.4) is 0 Å². The van der Waals surface area contributed by atoms with E-state index in [0.717, 1.165) is 11.1 Å². The molecule has 0 amide bonds. The summed E-state index contributed by atoms with van der Waals surface area (Å²) in [5.74, 6) is -0.545. The molecule has 1 nitrogen and oxygen atoms in total. The van der Waals surface area contributed by atoms with E-state index in [1.165, 1.54) is 24.3 Å². The largest absolute Gasteiger partial charge is 0.313 e. The molecule has 0 bridgehead atoms. The molecule has 0 aliphatic rings. The second-order valence-corrected chi connectivity index (χ2v) is 5.29. The van der Waals surface area contributed by atoms with Crippen LogP contribution in [0.15, 0.2) is 46.9 Å². The van der Waals surface area contributed by atoms with E-state index in [-0.39, 0.29) is 17.7 Å². The summed E-state index contributed by atoms with van der Waals surface area (Å²) >= 11 is 3.28. The average molecular weight is 326 g/mol. The molecule has 1 unspecified atom stereocenters. The van der Waals surface area contributed by atoms with E-state index < -0.39 is 0 Å². The minimum atomic E-state index is -0.288. The third-order valence-corrected chi connectivity index (χ3v) is 3.42. The van der Waals surface area contributed by atoms with Gasteiger partial charge in [0, 0.05) is 10.5 Å². The maximum Gasteiger partial charge on any atom is 0.124 e. The van der Waals surface area contributed by atoms with Crippen molar-refractivity contribution in [3.8, 4) is 0 Å². The van der Waals surface area contributed by atoms with Gasteiger partial charge in [-0.2, -0.15) is 0 Å². The average Bonchev–Trinajstić information content (AvgIpc) is 2.34. The standard InChI is InChI=1S/C15H14BrF2N/c1-19-15(6-10-3-2-4-13(17)5-10)11-7-12(16)9-14(18)8-11/h2-5,7-9,15,19H,6H2,1H3. The van der Waals surface area contributed by atoms with Crippen molar-refractivity contribution < 1.29 is 8.78 Å². The molecule has 2 aromatic rings. The molecule has 1 atom stereocenters. The van der Waals surface area contributed by atoms with Crippen LogP contribution in [0.25, 0.3) is 0 Å². The summed E-state index contributed by atoms with van der Waals surface area (Å²) in [5.41, 5.74) is 1.71. The number of rotatable bonds is 4. The Morgan fingerprint density at radius 3 is 2.53 bits per heavy atom. The third kappa shape index (κ3) is 3.85. The summed E-state index contributed by atoms with van der Waals surface area (Å²) in [4.78, 5) is 0. The monoisotopic (exact) mass is 325 g/mol. The molecule has 2 aromatic carbocycles. The molecular formula is C15H14BrF2N. The van der Waals surface area contributed by atoms with Crippen LogP contribution in [0, 0.1) is 11.6 Å². The first-order valence-electron chi connectivity index (χ1n) is 5.96. The van der Waals surface area contributed by atoms with Crippen LogP contribution < -0.4 is 5.32 Å². The summed E-state index contributed by atoms with van der Waals surface area (Å²) in [7, 11) is 1.81. The van der Waals surface area contributed by atoms with Crippen LogP contribution in [0.2, 0.25) is 0 Å². The van der Waals surface area contributed by atoms with Crippen LogP contribution >= 0.6 is 15.9 Å². The molecular weight excluding hydrogens is 312 g/mol. The van der Waals surface area contributed by atoms with Gasteiger partial charge in [0.05, 0.1) is 0 Å². The van der Waals surface area contributed by atoms with E-state index in [1.807, 2.05) is 19.2 Å². The van der Waals surface area contributed by atoms with Gasteiger partial charge in [-0.15, -0.1) is 0 Å². The third-order valence-electron chi connectivity index (χ3n) is 2.96. The van der Waals surface area contributed by atoms with Gasteiger partial charge < -0.3 is 5.32 Å². The zero-order valence-corrected chi connectivity index (χ0v) is 12.0. The lowest BCUT2D eigenvalue weighted by molar-refractivity contribution is 0.572. The normalized spacial score (nSPS) is 12.4. The predicted molar refractivity (Wildman–Crippen MR) is 76.0 cm³/mol. The first-order chi connectivity index (χ1) is 9.08. The Bertz CT molecular complexity index is 552. The van der Waals surface area contributed by atoms with E-state index in [0.29, 0.717) is 10.9 Å². The van der Waals surface area contributed by atoms with E-state index in [2.05, 4.69) is 21.2 Å². The molecule has 0 aromatic heterocycles. The van der Waals surface area contributed by atoms with Gasteiger partial charge >= 0.3 is 0 Å². The Morgan fingerprint density at radius 1 is 1.11 bits per heavy atom. The van der Waals surface area contributed by atoms with Crippen molar-refractivity contribution in [3.05, 3.63) is 69.7 Å². The Balaban J connectivity index is 2.24. The highest BCUT2D eigenvalue weighted by Crippen LogP contribution is 2.23. The lowest BCUT2D eigenvalue weighted by Gasteiger charge is -2.17. The van der Waals surface area contributed by atoms with Crippen molar-refractivity contribution in [2.24, 2.45) is 0 Å². The van der Waals surface area contributed by atoms with Crippen LogP contribution in [0.5, 0.6) is 0 Å². The zero-order valence-electron chi connectivity index (χ0n) is 10.5. The van der Waals surface area contributed by atoms with E-state index >= 15 is 0 Å². The molecule has 1 N–H and O–H groups in total. The number of halogens is 3. The number of nitrogens with one attached hydrogen (secondary N) is 1. The SMILES string of the molecule is CNC(Cc1cccc(F)c1)c1cc(F)cc(Br)c1. The minimum Gasteiger partial charge on any atom is -0.313 e. The van der Waals surface area contributed by atoms with Gasteiger partial charge in [0.1, 0.15) is 11.6 Å². The first kappa shape index (κ1) is 14.2. The lowest BCUT2D eigenvalue weighted by Crippen LogP contribution is -2.19. The molecule has 100 valence electrons. The topological polar surface area (TPSA) is 12.0 Å². The van der Waals surface area contributed by atoms with Gasteiger partial charge in [-0.1, -0.05) is 28.1 Å². The Kier molecular flexibility index (Phi) is 4.66. The molecule has 0 spiro atoms. The smallest absolute Gasteiger partial charge is 0.124 e. The van der Waals surface area contributed by atoms with E-state index in [4.69, 9.17) is 0 Å². The van der Waals surface area contributed by atoms with Crippen molar-refractivity contribution in [1.29, 1.82) is 0 Å². The first-order valence-corrected chi connectivity index (χ1v) is 6.75. The molecule has 0 saturated carbocycles. The van der Waals surface area contributed by atoms with Crippen molar-refractivity contribution in [2.75, 3.05) is 7.05 Å². The fraction of sp³-hybridized carbons (Fsp3) is 0.200. The van der Waals surface area contributed by atoms with Gasteiger partial charge in [-0.25, -0.2) is 8.78 Å². The van der Waals surface area contributed by atoms with Crippen molar-refractivity contribution in [1.82, 2.24) is 5.32 Å². The zero-order chi connectivity index (χ0) is 13.8. The second-order valence-electron chi connectivity index (χ2n) is 4.38. The fourth-order valence-corrected chi connectivity index (χ4v) is 2.55. The van der Waals surface area contributed by atoms with Crippen LogP contribution in [0.4, 0.5) is 8.78 Å². The molecule has 0 fully saturated rings. The number of likely N-dealkylation sites (N-methyl/N-ethyl adjacent to an activating group) is 1. The van der Waals surface area contributed by atoms with Crippen molar-refractivity contribution >= 4 is 15.9 Å². The highest BCUT2D eigenvalue weighted by atomic mass is 79.9. The van der Waals surface area contributed by atoms with Crippen molar-refractivity contribution in [2.45, 2.75) is 12.5 Å². The second kappa shape index (κ2) is 6.26. The van der Waals surface area contributed by atoms with Gasteiger partial charge in [0.15, 0.2) is 0 Å². The molecule has 0 radical (unpaired) electrons. The summed E-state index contributed by atoms with van der Waals surface area (Å²) in [6.07, 6.45) is 0.601. The van der Waals surface area contributed by atoms with E-state index in [9.17, 15) is 8.78 Å². The van der Waals surface area contributed by atoms with Crippen LogP contribution in [-0.4, -0.2) is 7.05 Å². The van der Waals surface area contributed by atoms with E-state index in [1.54, 1.807) is 6.07 Å². The quantitative estimate of drug-likeness (QED) is 0.887. The molecule has 2 rings (SSSR count). The molecule has 4 heteroatoms.